The summed E-state index contributed by atoms with van der Waals surface area (Å²) in [5, 5.41) is 7.74. The molecule has 0 spiro atoms. The summed E-state index contributed by atoms with van der Waals surface area (Å²) in [4.78, 5) is 2.45. The van der Waals surface area contributed by atoms with Crippen LogP contribution in [-0.4, -0.2) is 0 Å². The zero-order valence-electron chi connectivity index (χ0n) is 35.5. The molecule has 0 saturated heterocycles. The zero-order chi connectivity index (χ0) is 42.9. The number of hydrogen-bond donors (Lipinski definition) is 0. The lowest BCUT2D eigenvalue weighted by Gasteiger charge is -2.35. The Morgan fingerprint density at radius 1 is 0.323 bits per heavy atom. The van der Waals surface area contributed by atoms with E-state index in [2.05, 4.69) is 254 Å². The van der Waals surface area contributed by atoms with E-state index in [4.69, 9.17) is 0 Å². The minimum absolute atomic E-state index is 0.510. The first kappa shape index (κ1) is 37.5. The Labute approximate surface area is 382 Å². The number of nitrogens with zero attached hydrogens (tertiary/aromatic N) is 1. The van der Waals surface area contributed by atoms with Crippen molar-refractivity contribution in [2.45, 2.75) is 5.41 Å². The summed E-state index contributed by atoms with van der Waals surface area (Å²) in [5.74, 6) is 0. The first-order chi connectivity index (χ1) is 32.2. The van der Waals surface area contributed by atoms with Crippen LogP contribution in [0.5, 0.6) is 0 Å². The normalized spacial score (nSPS) is 12.7. The third kappa shape index (κ3) is 5.92. The molecule has 304 valence electrons. The number of fused-ring (bicyclic) bond motifs is 10. The molecule has 0 amide bonds. The topological polar surface area (TPSA) is 3.24 Å². The second-order valence-electron chi connectivity index (χ2n) is 17.2. The molecule has 2 heteroatoms. The van der Waals surface area contributed by atoms with Crippen molar-refractivity contribution in [3.05, 3.63) is 271 Å². The molecule has 1 heterocycles. The number of hydrogen-bond acceptors (Lipinski definition) is 2. The maximum atomic E-state index is 2.47. The van der Waals surface area contributed by atoms with Gasteiger partial charge >= 0.3 is 0 Å². The van der Waals surface area contributed by atoms with Crippen LogP contribution in [0.2, 0.25) is 0 Å². The smallest absolute Gasteiger partial charge is 0.0714 e. The van der Waals surface area contributed by atoms with Crippen molar-refractivity contribution in [1.82, 2.24) is 0 Å². The van der Waals surface area contributed by atoms with E-state index in [9.17, 15) is 0 Å². The van der Waals surface area contributed by atoms with Gasteiger partial charge < -0.3 is 4.90 Å². The highest BCUT2D eigenvalue weighted by Gasteiger charge is 2.46. The van der Waals surface area contributed by atoms with Gasteiger partial charge in [-0.3, -0.25) is 0 Å². The van der Waals surface area contributed by atoms with Crippen LogP contribution in [0.4, 0.5) is 17.1 Å². The van der Waals surface area contributed by atoms with Crippen LogP contribution in [0, 0.1) is 0 Å². The Balaban J connectivity index is 1.01. The molecule has 1 aliphatic carbocycles. The van der Waals surface area contributed by atoms with Crippen molar-refractivity contribution in [2.24, 2.45) is 0 Å². The summed E-state index contributed by atoms with van der Waals surface area (Å²) in [6, 6.07) is 92.0. The molecular formula is C63H41NS. The molecule has 65 heavy (non-hydrogen) atoms. The van der Waals surface area contributed by atoms with Crippen LogP contribution >= 0.6 is 11.3 Å². The lowest BCUT2D eigenvalue weighted by Crippen LogP contribution is -2.28. The number of rotatable bonds is 7. The van der Waals surface area contributed by atoms with Gasteiger partial charge in [-0.1, -0.05) is 206 Å². The fraction of sp³-hybridized carbons (Fsp3) is 0.0159. The monoisotopic (exact) mass is 843 g/mol. The van der Waals surface area contributed by atoms with Gasteiger partial charge in [-0.15, -0.1) is 11.3 Å². The number of benzene rings is 11. The second-order valence-corrected chi connectivity index (χ2v) is 18.2. The van der Waals surface area contributed by atoms with E-state index >= 15 is 0 Å². The van der Waals surface area contributed by atoms with Gasteiger partial charge in [-0.05, 0) is 114 Å². The summed E-state index contributed by atoms with van der Waals surface area (Å²) in [6.45, 7) is 0. The summed E-state index contributed by atoms with van der Waals surface area (Å²) in [7, 11) is 0. The third-order valence-electron chi connectivity index (χ3n) is 13.7. The Morgan fingerprint density at radius 3 is 1.55 bits per heavy atom. The lowest BCUT2D eigenvalue weighted by atomic mass is 9.67. The molecule has 11 aromatic carbocycles. The minimum atomic E-state index is -0.510. The molecule has 0 bridgehead atoms. The van der Waals surface area contributed by atoms with Crippen molar-refractivity contribution in [2.75, 3.05) is 4.90 Å². The summed E-state index contributed by atoms with van der Waals surface area (Å²) < 4.78 is 2.67. The van der Waals surface area contributed by atoms with Gasteiger partial charge in [0.05, 0.1) is 5.41 Å². The van der Waals surface area contributed by atoms with Gasteiger partial charge in [-0.25, -0.2) is 0 Å². The van der Waals surface area contributed by atoms with E-state index in [0.29, 0.717) is 0 Å². The van der Waals surface area contributed by atoms with E-state index in [-0.39, 0.29) is 0 Å². The van der Waals surface area contributed by atoms with Crippen molar-refractivity contribution < 1.29 is 0 Å². The maximum Gasteiger partial charge on any atom is 0.0714 e. The molecule has 1 nitrogen and oxygen atoms in total. The highest BCUT2D eigenvalue weighted by atomic mass is 32.1. The average Bonchev–Trinajstić information content (AvgIpc) is 3.91. The van der Waals surface area contributed by atoms with Gasteiger partial charge in [0.2, 0.25) is 0 Å². The van der Waals surface area contributed by atoms with Gasteiger partial charge in [0.15, 0.2) is 0 Å². The molecule has 0 fully saturated rings. The summed E-state index contributed by atoms with van der Waals surface area (Å²) in [6.07, 6.45) is 0. The molecule has 0 N–H and O–H groups in total. The largest absolute Gasteiger partial charge is 0.310 e. The highest BCUT2D eigenvalue weighted by Crippen LogP contribution is 2.57. The van der Waals surface area contributed by atoms with Crippen LogP contribution in [-0.2, 0) is 5.41 Å². The quantitative estimate of drug-likeness (QED) is 0.145. The number of thiophene rings is 1. The molecular weight excluding hydrogens is 803 g/mol. The van der Waals surface area contributed by atoms with E-state index in [1.54, 1.807) is 0 Å². The first-order valence-corrected chi connectivity index (χ1v) is 23.2. The molecule has 0 saturated carbocycles. The van der Waals surface area contributed by atoms with Crippen molar-refractivity contribution >= 4 is 70.1 Å². The van der Waals surface area contributed by atoms with Crippen molar-refractivity contribution in [3.8, 4) is 33.4 Å². The molecule has 1 aromatic heterocycles. The van der Waals surface area contributed by atoms with Gasteiger partial charge in [0, 0.05) is 42.6 Å². The van der Waals surface area contributed by atoms with Gasteiger partial charge in [0.25, 0.3) is 0 Å². The van der Waals surface area contributed by atoms with Crippen LogP contribution in [0.1, 0.15) is 22.3 Å². The molecule has 0 aliphatic heterocycles. The summed E-state index contributed by atoms with van der Waals surface area (Å²) >= 11 is 1.90. The zero-order valence-corrected chi connectivity index (χ0v) is 36.3. The number of anilines is 3. The van der Waals surface area contributed by atoms with Crippen molar-refractivity contribution in [3.63, 3.8) is 0 Å². The highest BCUT2D eigenvalue weighted by molar-refractivity contribution is 7.26. The Hall–Kier alpha value is -8.04. The molecule has 0 unspecified atom stereocenters. The lowest BCUT2D eigenvalue weighted by molar-refractivity contribution is 0.768. The molecule has 12 aromatic rings. The van der Waals surface area contributed by atoms with E-state index in [1.165, 1.54) is 97.4 Å². The third-order valence-corrected chi connectivity index (χ3v) is 14.9. The van der Waals surface area contributed by atoms with E-state index in [0.717, 1.165) is 17.1 Å². The van der Waals surface area contributed by atoms with E-state index in [1.807, 2.05) is 11.3 Å². The predicted octanol–water partition coefficient (Wildman–Crippen LogP) is 17.5. The fourth-order valence-corrected chi connectivity index (χ4v) is 12.0. The van der Waals surface area contributed by atoms with Crippen LogP contribution in [0.15, 0.2) is 249 Å². The van der Waals surface area contributed by atoms with Gasteiger partial charge in [0.1, 0.15) is 0 Å². The van der Waals surface area contributed by atoms with Crippen LogP contribution < -0.4 is 4.90 Å². The minimum Gasteiger partial charge on any atom is -0.310 e. The van der Waals surface area contributed by atoms with Crippen molar-refractivity contribution in [1.29, 1.82) is 0 Å². The standard InChI is InChI=1S/C63H41NS/c1-4-14-42(15-5-1)43-24-26-44(27-25-43)45-30-33-50(34-31-45)64(51-35-38-53-47(40-51)29-28-46-32-37-57-56-21-11-13-23-60(56)65-62(57)61(46)53)52-36-39-55-54-20-10-12-22-58(54)63(59(55)41-52,48-16-6-2-7-17-48)49-18-8-3-9-19-49/h1-41H. The molecule has 13 rings (SSSR count). The predicted molar refractivity (Wildman–Crippen MR) is 277 cm³/mol. The summed E-state index contributed by atoms with van der Waals surface area (Å²) in [5.41, 5.74) is 15.3. The Morgan fingerprint density at radius 2 is 0.831 bits per heavy atom. The van der Waals surface area contributed by atoms with Gasteiger partial charge in [-0.2, -0.15) is 0 Å². The maximum absolute atomic E-state index is 2.47. The average molecular weight is 844 g/mol. The Kier molecular flexibility index (Phi) is 8.69. The SMILES string of the molecule is c1ccc(-c2ccc(-c3ccc(N(c4ccc5c(c4)C(c4ccccc4)(c4ccccc4)c4ccccc4-5)c4ccc5c(ccc6ccc7c8ccccc8sc7c65)c4)cc3)cc2)cc1. The fourth-order valence-electron chi connectivity index (χ4n) is 10.8. The second kappa shape index (κ2) is 15.1. The molecule has 1 aliphatic rings. The van der Waals surface area contributed by atoms with Crippen LogP contribution in [0.3, 0.4) is 0 Å². The Bertz CT molecular complexity index is 3700. The first-order valence-electron chi connectivity index (χ1n) is 22.4. The van der Waals surface area contributed by atoms with Crippen LogP contribution in [0.25, 0.3) is 75.1 Å². The van der Waals surface area contributed by atoms with E-state index < -0.39 is 5.41 Å². The molecule has 0 radical (unpaired) electrons. The molecule has 0 atom stereocenters.